The molecule has 12 aliphatic rings. The molecule has 11 fully saturated rings. The van der Waals surface area contributed by atoms with Crippen LogP contribution < -0.4 is 26.6 Å². The van der Waals surface area contributed by atoms with E-state index >= 15 is 0 Å². The number of aliphatic hydroxyl groups is 1. The van der Waals surface area contributed by atoms with E-state index in [1.165, 1.54) is 12.2 Å². The highest BCUT2D eigenvalue weighted by Gasteiger charge is 2.69. The maximum Gasteiger partial charge on any atom is 0.253 e. The summed E-state index contributed by atoms with van der Waals surface area (Å²) in [7, 11) is 1.57. The van der Waals surface area contributed by atoms with Crippen LogP contribution in [0.2, 0.25) is 0 Å². The third-order valence-corrected chi connectivity index (χ3v) is 22.3. The van der Waals surface area contributed by atoms with Crippen molar-refractivity contribution in [1.82, 2.24) is 41.3 Å². The first kappa shape index (κ1) is 76.2. The highest BCUT2D eigenvalue weighted by atomic mass is 16.8. The summed E-state index contributed by atoms with van der Waals surface area (Å²) in [4.78, 5) is 122. The van der Waals surface area contributed by atoms with Gasteiger partial charge in [-0.15, -0.1) is 0 Å². The Kier molecular flexibility index (Phi) is 26.1. The van der Waals surface area contributed by atoms with Gasteiger partial charge >= 0.3 is 0 Å². The maximum absolute atomic E-state index is 14.6. The summed E-state index contributed by atoms with van der Waals surface area (Å²) in [5, 5.41) is 24.6. The summed E-state index contributed by atoms with van der Waals surface area (Å²) < 4.78 is 72.5. The van der Waals surface area contributed by atoms with E-state index < -0.39 is 110 Å². The summed E-state index contributed by atoms with van der Waals surface area (Å²) in [6, 6.07) is 7.75. The van der Waals surface area contributed by atoms with Crippen molar-refractivity contribution in [3.05, 3.63) is 72.4 Å². The number of fused-ring (bicyclic) bond motifs is 6. The van der Waals surface area contributed by atoms with Crippen molar-refractivity contribution >= 4 is 53.0 Å². The molecule has 12 aliphatic heterocycles. The lowest BCUT2D eigenvalue weighted by molar-refractivity contribution is -0.292. The Balaban J connectivity index is 0.591. The van der Waals surface area contributed by atoms with Gasteiger partial charge in [0.15, 0.2) is 5.79 Å². The Hall–Kier alpha value is -6.45. The highest BCUT2D eigenvalue weighted by Crippen LogP contribution is 2.54. The van der Waals surface area contributed by atoms with Crippen LogP contribution in [-0.4, -0.2) is 281 Å². The number of amides is 8. The number of methoxy groups -OCH3 is 1. The van der Waals surface area contributed by atoms with E-state index in [4.69, 9.17) is 52.1 Å². The first-order valence-corrected chi connectivity index (χ1v) is 37.2. The van der Waals surface area contributed by atoms with Crippen molar-refractivity contribution < 1.29 is 100 Å². The lowest BCUT2D eigenvalue weighted by Gasteiger charge is -2.47. The molecule has 2 unspecified atom stereocenters. The fourth-order valence-electron chi connectivity index (χ4n) is 16.8. The monoisotopic (exact) mass is 1440 g/mol. The molecule has 0 saturated carbocycles. The molecule has 6 N–H and O–H groups in total. The molecule has 11 saturated heterocycles. The molecule has 0 radical (unpaired) electrons. The average molecular weight is 1440 g/mol. The van der Waals surface area contributed by atoms with Crippen LogP contribution in [-0.2, 0) is 102 Å². The number of ether oxygens (including phenoxy) is 11. The molecule has 20 atom stereocenters. The highest BCUT2D eigenvalue weighted by molar-refractivity contribution is 6.12. The second kappa shape index (κ2) is 35.3. The molecule has 0 aromatic heterocycles. The number of carbonyl (C=O) groups excluding carboxylic acids is 9. The van der Waals surface area contributed by atoms with Crippen molar-refractivity contribution in [1.29, 1.82) is 0 Å². The van der Waals surface area contributed by atoms with Gasteiger partial charge in [0.25, 0.3) is 11.8 Å². The number of hydrogen-bond acceptors (Lipinski definition) is 22. The van der Waals surface area contributed by atoms with Crippen LogP contribution in [0.25, 0.3) is 0 Å². The predicted octanol–water partition coefficient (Wildman–Crippen LogP) is 0.944. The lowest BCUT2D eigenvalue weighted by Crippen LogP contribution is -2.61. The summed E-state index contributed by atoms with van der Waals surface area (Å²) >= 11 is 0. The van der Waals surface area contributed by atoms with E-state index in [1.54, 1.807) is 42.3 Å². The molecular formula is C74H104N8O21. The number of imide groups is 1. The lowest BCUT2D eigenvalue weighted by atomic mass is 9.81. The van der Waals surface area contributed by atoms with Gasteiger partial charge in [-0.25, -0.2) is 0 Å². The van der Waals surface area contributed by atoms with Gasteiger partial charge in [-0.3, -0.25) is 53.0 Å². The first-order chi connectivity index (χ1) is 49.7. The fraction of sp³-hybridized carbons (Fsp3) is 0.716. The topological polar surface area (TPSA) is 345 Å². The molecular weight excluding hydrogens is 1340 g/mol. The number of aliphatic hydroxyl groups excluding tert-OH is 1. The minimum Gasteiger partial charge on any atom is -0.391 e. The Morgan fingerprint density at radius 2 is 1.32 bits per heavy atom. The third-order valence-electron chi connectivity index (χ3n) is 22.3. The van der Waals surface area contributed by atoms with Gasteiger partial charge in [-0.1, -0.05) is 50.4 Å². The number of Topliss-reactive ketones (excluding diaryl/α,β-unsaturated/α-hetero) is 1. The number of ketones is 1. The van der Waals surface area contributed by atoms with E-state index in [-0.39, 0.29) is 149 Å². The van der Waals surface area contributed by atoms with E-state index in [9.17, 15) is 48.3 Å². The van der Waals surface area contributed by atoms with Crippen LogP contribution >= 0.6 is 0 Å². The molecule has 29 heteroatoms. The second-order valence-corrected chi connectivity index (χ2v) is 29.5. The Morgan fingerprint density at radius 1 is 0.650 bits per heavy atom. The van der Waals surface area contributed by atoms with Crippen molar-refractivity contribution in [2.45, 2.75) is 226 Å². The minimum absolute atomic E-state index is 0.0210. The Bertz CT molecular complexity index is 3220. The molecule has 12 bridgehead atoms. The zero-order chi connectivity index (χ0) is 72.3. The van der Waals surface area contributed by atoms with E-state index in [1.807, 2.05) is 4.90 Å². The summed E-state index contributed by atoms with van der Waals surface area (Å²) in [5.41, 5.74) is 2.73. The zero-order valence-electron chi connectivity index (χ0n) is 59.3. The Labute approximate surface area is 601 Å². The molecule has 1 aromatic rings. The van der Waals surface area contributed by atoms with Crippen molar-refractivity contribution in [2.75, 3.05) is 99.0 Å². The molecule has 13 rings (SSSR count). The quantitative estimate of drug-likeness (QED) is 0.0695. The van der Waals surface area contributed by atoms with Gasteiger partial charge in [0.1, 0.15) is 42.3 Å². The molecule has 29 nitrogen and oxygen atoms in total. The van der Waals surface area contributed by atoms with Crippen molar-refractivity contribution in [3.63, 3.8) is 0 Å². The smallest absolute Gasteiger partial charge is 0.253 e. The molecule has 0 aliphatic carbocycles. The normalized spacial score (nSPS) is 34.7. The van der Waals surface area contributed by atoms with Gasteiger partial charge < -0.3 is 88.7 Å². The van der Waals surface area contributed by atoms with Gasteiger partial charge in [0.05, 0.1) is 113 Å². The van der Waals surface area contributed by atoms with Crippen molar-refractivity contribution in [3.8, 4) is 0 Å². The molecule has 8 amide bonds. The minimum atomic E-state index is -1.17. The number of hydrogen-bond donors (Lipinski definition) is 6. The van der Waals surface area contributed by atoms with E-state index in [2.05, 4.69) is 46.7 Å². The fourth-order valence-corrected chi connectivity index (χ4v) is 16.8. The van der Waals surface area contributed by atoms with E-state index in [0.717, 1.165) is 48.2 Å². The number of benzene rings is 1. The summed E-state index contributed by atoms with van der Waals surface area (Å²) in [6.45, 7) is 12.8. The zero-order valence-corrected chi connectivity index (χ0v) is 59.3. The van der Waals surface area contributed by atoms with Crippen LogP contribution in [0, 0.1) is 11.8 Å². The van der Waals surface area contributed by atoms with Gasteiger partial charge in [-0.2, -0.15) is 0 Å². The van der Waals surface area contributed by atoms with Crippen LogP contribution in [0.1, 0.15) is 115 Å². The Morgan fingerprint density at radius 3 is 2.09 bits per heavy atom. The summed E-state index contributed by atoms with van der Waals surface area (Å²) in [6.07, 6.45) is 3.85. The average Bonchev–Trinajstić information content (AvgIpc) is 1.55. The molecule has 566 valence electrons. The second-order valence-electron chi connectivity index (χ2n) is 29.5. The van der Waals surface area contributed by atoms with Crippen LogP contribution in [0.15, 0.2) is 66.8 Å². The van der Waals surface area contributed by atoms with Crippen LogP contribution in [0.4, 0.5) is 0 Å². The number of rotatable bonds is 22. The maximum atomic E-state index is 14.6. The summed E-state index contributed by atoms with van der Waals surface area (Å²) in [5.74, 6) is -5.14. The van der Waals surface area contributed by atoms with Crippen molar-refractivity contribution in [2.24, 2.45) is 11.8 Å². The SMILES string of the molecule is C=C1C[C@@H]2CC[C@@]34C[C@H]5OC6C(O[C@H]7CC[C@H](CC(=O)C[C@@H]8[C@@H](OC)[C@@H](C[C@H](O)CNC(=O)CNC(=O)[C@H](Cc9ccccc9)NC(=O)CNC(=O)CNC(=O)CCN9CCOCCN(C(=O)CCCN%10C(=O)C=CC%10=O)CCOCC9)O[C@H]8C[C@H]8O[C@@H](CC[C@@H]1O2)C[C@@H](C)C8=C)O[C@@H]7[C@@H]6O3)[C@H]5O4. The molecule has 1 aromatic carbocycles. The number of nitrogens with one attached hydrogen (secondary N) is 5. The van der Waals surface area contributed by atoms with Gasteiger partial charge in [0.2, 0.25) is 35.4 Å². The number of carbonyl (C=O) groups is 9. The third kappa shape index (κ3) is 19.6. The largest absolute Gasteiger partial charge is 0.391 e. The van der Waals surface area contributed by atoms with Crippen LogP contribution in [0.5, 0.6) is 0 Å². The van der Waals surface area contributed by atoms with Crippen LogP contribution in [0.3, 0.4) is 0 Å². The molecule has 12 heterocycles. The number of nitrogens with zero attached hydrogens (tertiary/aromatic N) is 3. The van der Waals surface area contributed by atoms with Gasteiger partial charge in [-0.05, 0) is 74.0 Å². The van der Waals surface area contributed by atoms with E-state index in [0.29, 0.717) is 90.0 Å². The van der Waals surface area contributed by atoms with Gasteiger partial charge in [0, 0.05) is 129 Å². The molecule has 103 heavy (non-hydrogen) atoms. The molecule has 1 spiro atoms. The first-order valence-electron chi connectivity index (χ1n) is 37.2. The standard InChI is InChI=1S/C74H104N8O21/c1-43-31-49-12-14-54-44(2)32-51(96-54)18-20-74-38-59-69(102-74)70-71(101-59)72(103-74)68-55(100-70)15-13-50(98-68)34-47(83)35-52-57(37-56(97-49)45(43)3)99-58(67(52)93-4)36-48(84)39-75-62(87)41-78-73(92)53(33-46-9-6-5-7-10-46)79-63(88)42-77-61(86)40-76-60(85)19-22-80-23-27-94-29-25-81(26-30-95-28-24-80)64(89)11-8-21-82-65(90)16-17-66(82)91/h5-7,9-10,16-17,43,48-59,67-72,84H,2-3,8,11-15,18-42H2,1,4H3,(H,75,87)(H,76,85)(H,77,86)(H,78,92)(H,79,88)/t43-,48+,49+,50-,51+,52+,53+,54+,55+,56-,57+,58-,59-,67-,68+,69+,70?,71?,72+,74+/m1/s1. The predicted molar refractivity (Wildman–Crippen MR) is 366 cm³/mol.